The van der Waals surface area contributed by atoms with Crippen LogP contribution in [0, 0.1) is 5.82 Å². The Morgan fingerprint density at radius 1 is 1.45 bits per heavy atom. The Morgan fingerprint density at radius 2 is 2.25 bits per heavy atom. The van der Waals surface area contributed by atoms with Crippen molar-refractivity contribution in [3.8, 4) is 0 Å². The molecule has 0 saturated carbocycles. The van der Waals surface area contributed by atoms with Crippen molar-refractivity contribution in [3.63, 3.8) is 0 Å². The second-order valence-corrected chi connectivity index (χ2v) is 4.66. The number of rotatable bonds is 5. The van der Waals surface area contributed by atoms with E-state index in [1.807, 2.05) is 4.90 Å². The van der Waals surface area contributed by atoms with Crippen LogP contribution in [0.4, 0.5) is 14.9 Å². The zero-order chi connectivity index (χ0) is 14.4. The molecule has 1 fully saturated rings. The number of benzene rings is 1. The zero-order valence-electron chi connectivity index (χ0n) is 11.5. The molecule has 5 nitrogen and oxygen atoms in total. The van der Waals surface area contributed by atoms with E-state index in [1.165, 1.54) is 6.07 Å². The fourth-order valence-corrected chi connectivity index (χ4v) is 2.23. The highest BCUT2D eigenvalue weighted by Crippen LogP contribution is 2.23. The van der Waals surface area contributed by atoms with Crippen molar-refractivity contribution in [1.29, 1.82) is 0 Å². The Kier molecular flexibility index (Phi) is 5.17. The van der Waals surface area contributed by atoms with Crippen molar-refractivity contribution in [3.05, 3.63) is 30.1 Å². The van der Waals surface area contributed by atoms with E-state index in [2.05, 4.69) is 5.32 Å². The first-order valence-corrected chi connectivity index (χ1v) is 6.62. The van der Waals surface area contributed by atoms with Crippen molar-refractivity contribution < 1.29 is 18.7 Å². The number of nitrogens with one attached hydrogen (secondary N) is 1. The van der Waals surface area contributed by atoms with Crippen LogP contribution in [-0.4, -0.2) is 45.5 Å². The number of nitrogens with zero attached hydrogens (tertiary/aromatic N) is 1. The van der Waals surface area contributed by atoms with Crippen LogP contribution in [-0.2, 0) is 9.47 Å². The summed E-state index contributed by atoms with van der Waals surface area (Å²) in [6, 6.07) is 6.63. The van der Waals surface area contributed by atoms with Gasteiger partial charge in [0.05, 0.1) is 18.3 Å². The van der Waals surface area contributed by atoms with Crippen LogP contribution in [0.3, 0.4) is 0 Å². The molecule has 0 spiro atoms. The number of carbonyl (C=O) groups excluding carboxylic acids is 1. The molecule has 0 bridgehead atoms. The normalized spacial score (nSPS) is 18.1. The van der Waals surface area contributed by atoms with Crippen LogP contribution in [0.2, 0.25) is 0 Å². The third-order valence-electron chi connectivity index (χ3n) is 3.22. The Bertz CT molecular complexity index is 456. The molecule has 0 aromatic heterocycles. The summed E-state index contributed by atoms with van der Waals surface area (Å²) < 4.78 is 23.4. The maximum atomic E-state index is 13.7. The molecule has 1 heterocycles. The molecule has 1 aromatic rings. The number of halogens is 1. The molecule has 1 saturated heterocycles. The van der Waals surface area contributed by atoms with Gasteiger partial charge in [0.25, 0.3) is 0 Å². The van der Waals surface area contributed by atoms with Crippen LogP contribution < -0.4 is 10.2 Å². The zero-order valence-corrected chi connectivity index (χ0v) is 11.5. The molecule has 110 valence electrons. The summed E-state index contributed by atoms with van der Waals surface area (Å²) in [4.78, 5) is 13.4. The Morgan fingerprint density at radius 3 is 3.00 bits per heavy atom. The van der Waals surface area contributed by atoms with E-state index < -0.39 is 6.09 Å². The summed E-state index contributed by atoms with van der Waals surface area (Å²) in [5.41, 5.74) is 0.574. The highest BCUT2D eigenvalue weighted by atomic mass is 19.1. The van der Waals surface area contributed by atoms with Gasteiger partial charge in [-0.3, -0.25) is 0 Å². The second-order valence-electron chi connectivity index (χ2n) is 4.66. The first-order chi connectivity index (χ1) is 9.70. The average Bonchev–Trinajstić information content (AvgIpc) is 2.88. The topological polar surface area (TPSA) is 50.8 Å². The summed E-state index contributed by atoms with van der Waals surface area (Å²) in [5.74, 6) is -0.240. The van der Waals surface area contributed by atoms with Gasteiger partial charge in [0.1, 0.15) is 12.4 Å². The number of anilines is 1. The number of methoxy groups -OCH3 is 1. The van der Waals surface area contributed by atoms with E-state index in [0.29, 0.717) is 25.4 Å². The molecule has 1 atom stereocenters. The average molecular weight is 282 g/mol. The van der Waals surface area contributed by atoms with Gasteiger partial charge in [-0.05, 0) is 18.6 Å². The largest absolute Gasteiger partial charge is 0.447 e. The highest BCUT2D eigenvalue weighted by Gasteiger charge is 2.25. The number of carbonyl (C=O) groups is 1. The maximum Gasteiger partial charge on any atom is 0.407 e. The minimum absolute atomic E-state index is 0.0235. The summed E-state index contributed by atoms with van der Waals surface area (Å²) >= 11 is 0. The van der Waals surface area contributed by atoms with Gasteiger partial charge in [0.15, 0.2) is 0 Å². The van der Waals surface area contributed by atoms with E-state index in [-0.39, 0.29) is 18.5 Å². The van der Waals surface area contributed by atoms with Crippen molar-refractivity contribution in [2.24, 2.45) is 0 Å². The SMILES string of the molecule is COCCOC(=O)N[C@H]1CCN(c2ccccc2F)C1. The van der Waals surface area contributed by atoms with Crippen molar-refractivity contribution in [1.82, 2.24) is 5.32 Å². The molecular formula is C14H19FN2O3. The summed E-state index contributed by atoms with van der Waals surface area (Å²) in [6.45, 7) is 1.90. The van der Waals surface area contributed by atoms with E-state index >= 15 is 0 Å². The first-order valence-electron chi connectivity index (χ1n) is 6.62. The third kappa shape index (κ3) is 3.84. The molecule has 6 heteroatoms. The van der Waals surface area contributed by atoms with Gasteiger partial charge in [-0.1, -0.05) is 12.1 Å². The minimum atomic E-state index is -0.456. The number of alkyl carbamates (subject to hydrolysis) is 1. The Hall–Kier alpha value is -1.82. The molecular weight excluding hydrogens is 263 g/mol. The summed E-state index contributed by atoms with van der Waals surface area (Å²) in [7, 11) is 1.55. The van der Waals surface area contributed by atoms with Crippen molar-refractivity contribution >= 4 is 11.8 Å². The molecule has 20 heavy (non-hydrogen) atoms. The lowest BCUT2D eigenvalue weighted by molar-refractivity contribution is 0.0969. The van der Waals surface area contributed by atoms with Gasteiger partial charge in [-0.15, -0.1) is 0 Å². The number of ether oxygens (including phenoxy) is 2. The van der Waals surface area contributed by atoms with Crippen LogP contribution in [0.5, 0.6) is 0 Å². The number of amides is 1. The Balaban J connectivity index is 1.81. The fraction of sp³-hybridized carbons (Fsp3) is 0.500. The third-order valence-corrected chi connectivity index (χ3v) is 3.22. The molecule has 2 rings (SSSR count). The second kappa shape index (κ2) is 7.09. The summed E-state index contributed by atoms with van der Waals surface area (Å²) in [6.07, 6.45) is 0.315. The molecule has 1 aromatic carbocycles. The van der Waals surface area contributed by atoms with Gasteiger partial charge in [0, 0.05) is 20.2 Å². The van der Waals surface area contributed by atoms with Gasteiger partial charge in [0.2, 0.25) is 0 Å². The summed E-state index contributed by atoms with van der Waals surface area (Å²) in [5, 5.41) is 2.78. The van der Waals surface area contributed by atoms with Crippen molar-refractivity contribution in [2.45, 2.75) is 12.5 Å². The molecule has 1 amide bonds. The number of hydrogen-bond acceptors (Lipinski definition) is 4. The van der Waals surface area contributed by atoms with E-state index in [4.69, 9.17) is 9.47 Å². The number of hydrogen-bond donors (Lipinski definition) is 1. The van der Waals surface area contributed by atoms with E-state index in [1.54, 1.807) is 25.3 Å². The number of para-hydroxylation sites is 1. The molecule has 1 aliphatic heterocycles. The fourth-order valence-electron chi connectivity index (χ4n) is 2.23. The highest BCUT2D eigenvalue weighted by molar-refractivity contribution is 5.68. The van der Waals surface area contributed by atoms with Crippen molar-refractivity contribution in [2.75, 3.05) is 38.3 Å². The standard InChI is InChI=1S/C14H19FN2O3/c1-19-8-9-20-14(18)16-11-6-7-17(10-11)13-5-3-2-4-12(13)15/h2-5,11H,6-10H2,1H3,(H,16,18)/t11-/m0/s1. The van der Waals surface area contributed by atoms with Crippen LogP contribution >= 0.6 is 0 Å². The van der Waals surface area contributed by atoms with E-state index in [0.717, 1.165) is 6.42 Å². The van der Waals surface area contributed by atoms with E-state index in [9.17, 15) is 9.18 Å². The lowest BCUT2D eigenvalue weighted by atomic mass is 10.3. The molecule has 1 N–H and O–H groups in total. The lowest BCUT2D eigenvalue weighted by Gasteiger charge is -2.19. The van der Waals surface area contributed by atoms with Crippen LogP contribution in [0.15, 0.2) is 24.3 Å². The monoisotopic (exact) mass is 282 g/mol. The predicted octanol–water partition coefficient (Wildman–Crippen LogP) is 1.78. The Labute approximate surface area is 117 Å². The quantitative estimate of drug-likeness (QED) is 0.836. The lowest BCUT2D eigenvalue weighted by Crippen LogP contribution is -2.38. The molecule has 0 unspecified atom stereocenters. The molecule has 1 aliphatic rings. The molecule has 0 aliphatic carbocycles. The van der Waals surface area contributed by atoms with Gasteiger partial charge < -0.3 is 19.7 Å². The molecule has 0 radical (unpaired) electrons. The maximum absolute atomic E-state index is 13.7. The smallest absolute Gasteiger partial charge is 0.407 e. The predicted molar refractivity (Wildman–Crippen MR) is 73.4 cm³/mol. The van der Waals surface area contributed by atoms with Gasteiger partial charge in [-0.2, -0.15) is 0 Å². The van der Waals surface area contributed by atoms with Crippen LogP contribution in [0.1, 0.15) is 6.42 Å². The van der Waals surface area contributed by atoms with Gasteiger partial charge in [-0.25, -0.2) is 9.18 Å². The van der Waals surface area contributed by atoms with Crippen LogP contribution in [0.25, 0.3) is 0 Å². The minimum Gasteiger partial charge on any atom is -0.447 e. The first kappa shape index (κ1) is 14.6. The van der Waals surface area contributed by atoms with Gasteiger partial charge >= 0.3 is 6.09 Å².